The van der Waals surface area contributed by atoms with E-state index in [4.69, 9.17) is 4.52 Å². The van der Waals surface area contributed by atoms with Crippen LogP contribution in [0.1, 0.15) is 38.1 Å². The normalized spacial score (nSPS) is 11.8. The van der Waals surface area contributed by atoms with Crippen LogP contribution in [-0.4, -0.2) is 35.4 Å². The van der Waals surface area contributed by atoms with Crippen LogP contribution in [0, 0.1) is 0 Å². The van der Waals surface area contributed by atoms with Crippen molar-refractivity contribution in [3.05, 3.63) is 35.7 Å². The lowest BCUT2D eigenvalue weighted by Gasteiger charge is -2.12. The Morgan fingerprint density at radius 1 is 1.21 bits per heavy atom. The van der Waals surface area contributed by atoms with E-state index in [2.05, 4.69) is 25.8 Å². The summed E-state index contributed by atoms with van der Waals surface area (Å²) in [7, 11) is 0. The number of nitrogens with zero attached hydrogens (tertiary/aromatic N) is 3. The van der Waals surface area contributed by atoms with Gasteiger partial charge in [0.15, 0.2) is 11.8 Å². The van der Waals surface area contributed by atoms with Gasteiger partial charge in [-0.3, -0.25) is 0 Å². The SMILES string of the molecule is CCCc1noc(-c2cccc(CN=C(NCC)NCCC(F)(F)F)c2)n1.I. The molecule has 2 aromatic rings. The van der Waals surface area contributed by atoms with Crippen molar-refractivity contribution in [1.82, 2.24) is 20.8 Å². The smallest absolute Gasteiger partial charge is 0.357 e. The van der Waals surface area contributed by atoms with E-state index >= 15 is 0 Å². The van der Waals surface area contributed by atoms with Crippen LogP contribution in [0.25, 0.3) is 11.5 Å². The quantitative estimate of drug-likeness (QED) is 0.314. The Labute approximate surface area is 179 Å². The zero-order chi connectivity index (χ0) is 19.7. The van der Waals surface area contributed by atoms with Gasteiger partial charge in [0.2, 0.25) is 0 Å². The van der Waals surface area contributed by atoms with E-state index in [1.54, 1.807) is 0 Å². The summed E-state index contributed by atoms with van der Waals surface area (Å²) < 4.78 is 42.1. The van der Waals surface area contributed by atoms with Gasteiger partial charge in [0.1, 0.15) is 0 Å². The average Bonchev–Trinajstić information content (AvgIpc) is 3.08. The fourth-order valence-corrected chi connectivity index (χ4v) is 2.33. The molecular formula is C18H25F3IN5O. The molecule has 156 valence electrons. The zero-order valence-corrected chi connectivity index (χ0v) is 18.2. The van der Waals surface area contributed by atoms with E-state index in [-0.39, 0.29) is 30.5 Å². The number of guanidine groups is 1. The Bertz CT molecular complexity index is 749. The van der Waals surface area contributed by atoms with Crippen molar-refractivity contribution in [3.8, 4) is 11.5 Å². The highest BCUT2D eigenvalue weighted by molar-refractivity contribution is 14.0. The summed E-state index contributed by atoms with van der Waals surface area (Å²) in [5.41, 5.74) is 1.67. The largest absolute Gasteiger partial charge is 0.390 e. The molecule has 0 unspecified atom stereocenters. The molecule has 0 radical (unpaired) electrons. The molecule has 28 heavy (non-hydrogen) atoms. The second-order valence-electron chi connectivity index (χ2n) is 5.95. The summed E-state index contributed by atoms with van der Waals surface area (Å²) >= 11 is 0. The monoisotopic (exact) mass is 511 g/mol. The number of rotatable bonds is 8. The number of hydrogen-bond donors (Lipinski definition) is 2. The Hall–Kier alpha value is -1.85. The van der Waals surface area contributed by atoms with Crippen LogP contribution in [0.3, 0.4) is 0 Å². The first-order valence-corrected chi connectivity index (χ1v) is 8.92. The van der Waals surface area contributed by atoms with Gasteiger partial charge in [-0.05, 0) is 31.0 Å². The standard InChI is InChI=1S/C18H24F3N5O.HI/c1-3-6-15-25-16(27-26-15)14-8-5-7-13(11-14)12-24-17(22-4-2)23-10-9-18(19,20)21;/h5,7-8,11H,3-4,6,9-10,12H2,1-2H3,(H2,22,23,24);1H. The molecule has 10 heteroatoms. The molecule has 0 bridgehead atoms. The highest BCUT2D eigenvalue weighted by atomic mass is 127. The molecule has 0 spiro atoms. The molecule has 2 N–H and O–H groups in total. The molecule has 0 saturated heterocycles. The summed E-state index contributed by atoms with van der Waals surface area (Å²) in [5.74, 6) is 1.45. The number of hydrogen-bond acceptors (Lipinski definition) is 4. The minimum absolute atomic E-state index is 0. The fraction of sp³-hybridized carbons (Fsp3) is 0.500. The van der Waals surface area contributed by atoms with Crippen molar-refractivity contribution < 1.29 is 17.7 Å². The first-order valence-electron chi connectivity index (χ1n) is 8.92. The summed E-state index contributed by atoms with van der Waals surface area (Å²) in [6.45, 7) is 4.53. The molecule has 6 nitrogen and oxygen atoms in total. The maximum absolute atomic E-state index is 12.3. The number of alkyl halides is 3. The molecule has 0 saturated carbocycles. The third-order valence-electron chi connectivity index (χ3n) is 3.58. The average molecular weight is 511 g/mol. The number of nitrogens with one attached hydrogen (secondary N) is 2. The van der Waals surface area contributed by atoms with Crippen LogP contribution in [-0.2, 0) is 13.0 Å². The van der Waals surface area contributed by atoms with Crippen molar-refractivity contribution in [2.45, 2.75) is 45.8 Å². The molecule has 1 aromatic heterocycles. The van der Waals surface area contributed by atoms with Crippen molar-refractivity contribution in [2.75, 3.05) is 13.1 Å². The highest BCUT2D eigenvalue weighted by Crippen LogP contribution is 2.20. The van der Waals surface area contributed by atoms with Gasteiger partial charge in [0.25, 0.3) is 5.89 Å². The van der Waals surface area contributed by atoms with Gasteiger partial charge in [-0.2, -0.15) is 18.2 Å². The van der Waals surface area contributed by atoms with Gasteiger partial charge in [0.05, 0.1) is 13.0 Å². The second-order valence-corrected chi connectivity index (χ2v) is 5.95. The molecule has 0 aliphatic carbocycles. The summed E-state index contributed by atoms with van der Waals surface area (Å²) in [6.07, 6.45) is -3.42. The van der Waals surface area contributed by atoms with Crippen LogP contribution < -0.4 is 10.6 Å². The number of halogens is 4. The van der Waals surface area contributed by atoms with E-state index in [1.807, 2.05) is 38.1 Å². The number of aryl methyl sites for hydroxylation is 1. The minimum atomic E-state index is -4.20. The third-order valence-corrected chi connectivity index (χ3v) is 3.58. The molecule has 0 atom stereocenters. The molecule has 0 amide bonds. The summed E-state index contributed by atoms with van der Waals surface area (Å²) in [6, 6.07) is 7.48. The lowest BCUT2D eigenvalue weighted by molar-refractivity contribution is -0.132. The van der Waals surface area contributed by atoms with E-state index in [0.29, 0.717) is 30.8 Å². The molecule has 2 rings (SSSR count). The van der Waals surface area contributed by atoms with Gasteiger partial charge in [-0.1, -0.05) is 24.2 Å². The van der Waals surface area contributed by atoms with E-state index in [0.717, 1.165) is 24.0 Å². The number of aliphatic imine (C=N–C) groups is 1. The second kappa shape index (κ2) is 11.9. The Balaban J connectivity index is 0.00000392. The lowest BCUT2D eigenvalue weighted by atomic mass is 10.1. The van der Waals surface area contributed by atoms with Gasteiger partial charge in [-0.25, -0.2) is 4.99 Å². The minimum Gasteiger partial charge on any atom is -0.357 e. The van der Waals surface area contributed by atoms with Crippen LogP contribution in [0.2, 0.25) is 0 Å². The zero-order valence-electron chi connectivity index (χ0n) is 15.8. The molecule has 0 aliphatic rings. The first kappa shape index (κ1) is 24.2. The van der Waals surface area contributed by atoms with Crippen LogP contribution in [0.4, 0.5) is 13.2 Å². The van der Waals surface area contributed by atoms with Gasteiger partial charge in [0, 0.05) is 25.1 Å². The topological polar surface area (TPSA) is 75.3 Å². The van der Waals surface area contributed by atoms with E-state index in [1.165, 1.54) is 0 Å². The molecular weight excluding hydrogens is 486 g/mol. The third kappa shape index (κ3) is 8.44. The molecule has 0 aliphatic heterocycles. The number of aromatic nitrogens is 2. The molecule has 1 aromatic carbocycles. The van der Waals surface area contributed by atoms with Gasteiger partial charge >= 0.3 is 6.18 Å². The lowest BCUT2D eigenvalue weighted by Crippen LogP contribution is -2.38. The predicted molar refractivity (Wildman–Crippen MR) is 113 cm³/mol. The molecule has 0 fully saturated rings. The van der Waals surface area contributed by atoms with Crippen molar-refractivity contribution in [2.24, 2.45) is 4.99 Å². The first-order chi connectivity index (χ1) is 12.9. The van der Waals surface area contributed by atoms with Gasteiger partial charge < -0.3 is 15.2 Å². The highest BCUT2D eigenvalue weighted by Gasteiger charge is 2.26. The van der Waals surface area contributed by atoms with E-state index in [9.17, 15) is 13.2 Å². The summed E-state index contributed by atoms with van der Waals surface area (Å²) in [5, 5.41) is 9.56. The van der Waals surface area contributed by atoms with Gasteiger partial charge in [-0.15, -0.1) is 24.0 Å². The predicted octanol–water partition coefficient (Wildman–Crippen LogP) is 4.31. The van der Waals surface area contributed by atoms with Crippen molar-refractivity contribution in [1.29, 1.82) is 0 Å². The summed E-state index contributed by atoms with van der Waals surface area (Å²) in [4.78, 5) is 8.69. The maximum Gasteiger partial charge on any atom is 0.390 e. The van der Waals surface area contributed by atoms with Crippen molar-refractivity contribution in [3.63, 3.8) is 0 Å². The Morgan fingerprint density at radius 3 is 2.68 bits per heavy atom. The van der Waals surface area contributed by atoms with Crippen molar-refractivity contribution >= 4 is 29.9 Å². The number of benzene rings is 1. The van der Waals surface area contributed by atoms with E-state index < -0.39 is 12.6 Å². The Morgan fingerprint density at radius 2 is 2.00 bits per heavy atom. The fourth-order valence-electron chi connectivity index (χ4n) is 2.33. The maximum atomic E-state index is 12.3. The Kier molecular flexibility index (Phi) is 10.3. The molecule has 1 heterocycles. The van der Waals surface area contributed by atoms with Crippen LogP contribution in [0.5, 0.6) is 0 Å². The van der Waals surface area contributed by atoms with Crippen LogP contribution in [0.15, 0.2) is 33.8 Å². The van der Waals surface area contributed by atoms with Crippen LogP contribution >= 0.6 is 24.0 Å².